The summed E-state index contributed by atoms with van der Waals surface area (Å²) in [5.41, 5.74) is 2.52. The van der Waals surface area contributed by atoms with Gasteiger partial charge in [-0.3, -0.25) is 0 Å². The van der Waals surface area contributed by atoms with Crippen molar-refractivity contribution in [2.24, 2.45) is 0 Å². The van der Waals surface area contributed by atoms with Gasteiger partial charge in [0, 0.05) is 12.0 Å². The van der Waals surface area contributed by atoms with Crippen LogP contribution in [0.2, 0.25) is 0 Å². The smallest absolute Gasteiger partial charge is 0.416 e. The van der Waals surface area contributed by atoms with E-state index >= 15 is 0 Å². The highest BCUT2D eigenvalue weighted by Gasteiger charge is 2.33. The Labute approximate surface area is 140 Å². The highest BCUT2D eigenvalue weighted by Crippen LogP contribution is 2.40. The van der Waals surface area contributed by atoms with Crippen molar-refractivity contribution in [2.75, 3.05) is 0 Å². The molecule has 8 heteroatoms. The van der Waals surface area contributed by atoms with Crippen LogP contribution in [0.15, 0.2) is 36.4 Å². The van der Waals surface area contributed by atoms with Gasteiger partial charge in [-0.1, -0.05) is 6.07 Å². The molecule has 2 aromatic carbocycles. The normalized spacial score (nSPS) is 16.6. The molecule has 1 aliphatic rings. The largest absolute Gasteiger partial charge is 0.485 e. The van der Waals surface area contributed by atoms with E-state index in [-0.39, 0.29) is 6.10 Å². The number of hydrogen-bond acceptors (Lipinski definition) is 4. The number of fused-ring (bicyclic) bond motifs is 1. The predicted octanol–water partition coefficient (Wildman–Crippen LogP) is 3.87. The number of hydrogen-bond donors (Lipinski definition) is 1. The average molecular weight is 346 g/mol. The van der Waals surface area contributed by atoms with Crippen LogP contribution in [0.1, 0.15) is 28.4 Å². The Morgan fingerprint density at radius 3 is 2.72 bits per heavy atom. The quantitative estimate of drug-likeness (QED) is 0.765. The fourth-order valence-electron chi connectivity index (χ4n) is 3.02. The average Bonchev–Trinajstić information content (AvgIpc) is 3.22. The molecular weight excluding hydrogens is 333 g/mol. The van der Waals surface area contributed by atoms with E-state index in [4.69, 9.17) is 4.74 Å². The van der Waals surface area contributed by atoms with Crippen LogP contribution in [0.25, 0.3) is 11.4 Å². The van der Waals surface area contributed by atoms with Gasteiger partial charge in [0.15, 0.2) is 0 Å². The summed E-state index contributed by atoms with van der Waals surface area (Å²) < 4.78 is 44.5. The molecule has 0 spiro atoms. The van der Waals surface area contributed by atoms with Gasteiger partial charge in [-0.2, -0.15) is 18.4 Å². The van der Waals surface area contributed by atoms with Crippen LogP contribution in [0.3, 0.4) is 0 Å². The van der Waals surface area contributed by atoms with Crippen LogP contribution in [0, 0.1) is 6.92 Å². The molecule has 5 nitrogen and oxygen atoms in total. The summed E-state index contributed by atoms with van der Waals surface area (Å²) in [7, 11) is 0. The number of nitrogens with one attached hydrogen (secondary N) is 1. The summed E-state index contributed by atoms with van der Waals surface area (Å²) in [6.45, 7) is 1.93. The fourth-order valence-corrected chi connectivity index (χ4v) is 3.02. The first-order valence-corrected chi connectivity index (χ1v) is 7.62. The minimum absolute atomic E-state index is 0.343. The number of aromatic amines is 1. The third-order valence-electron chi connectivity index (χ3n) is 4.14. The molecule has 1 aromatic heterocycles. The number of ether oxygens (including phenoxy) is 1. The van der Waals surface area contributed by atoms with E-state index in [0.717, 1.165) is 28.8 Å². The molecule has 1 atom stereocenters. The first-order valence-electron chi connectivity index (χ1n) is 7.62. The number of rotatable bonds is 2. The molecule has 0 bridgehead atoms. The van der Waals surface area contributed by atoms with Crippen molar-refractivity contribution in [2.45, 2.75) is 25.6 Å². The van der Waals surface area contributed by atoms with E-state index < -0.39 is 11.7 Å². The summed E-state index contributed by atoms with van der Waals surface area (Å²) in [6.07, 6.45) is -4.32. The Morgan fingerprint density at radius 2 is 2.00 bits per heavy atom. The van der Waals surface area contributed by atoms with E-state index in [2.05, 4.69) is 20.6 Å². The van der Waals surface area contributed by atoms with E-state index in [9.17, 15) is 13.2 Å². The molecule has 4 rings (SSSR count). The number of nitrogens with zero attached hydrogens (tertiary/aromatic N) is 3. The van der Waals surface area contributed by atoms with Gasteiger partial charge < -0.3 is 4.74 Å². The van der Waals surface area contributed by atoms with Gasteiger partial charge in [-0.05, 0) is 59.2 Å². The number of tetrazole rings is 1. The minimum Gasteiger partial charge on any atom is -0.485 e. The molecule has 0 saturated carbocycles. The molecule has 1 unspecified atom stereocenters. The van der Waals surface area contributed by atoms with E-state index in [1.807, 2.05) is 25.1 Å². The standard InChI is InChI=1S/C17H13F3N4O/c1-9-4-10(6-12(5-9)16-21-23-24-22-16)15-8-11-7-13(17(18,19)20)2-3-14(11)25-15/h2-7,15H,8H2,1H3,(H,21,22,23,24). The van der Waals surface area contributed by atoms with Gasteiger partial charge in [0.2, 0.25) is 5.82 Å². The van der Waals surface area contributed by atoms with Crippen LogP contribution >= 0.6 is 0 Å². The van der Waals surface area contributed by atoms with Gasteiger partial charge in [0.25, 0.3) is 0 Å². The second kappa shape index (κ2) is 5.58. The van der Waals surface area contributed by atoms with Gasteiger partial charge >= 0.3 is 6.18 Å². The lowest BCUT2D eigenvalue weighted by atomic mass is 9.98. The van der Waals surface area contributed by atoms with E-state index in [0.29, 0.717) is 23.6 Å². The van der Waals surface area contributed by atoms with Crippen molar-refractivity contribution in [1.82, 2.24) is 20.6 Å². The first kappa shape index (κ1) is 15.6. The second-order valence-electron chi connectivity index (χ2n) is 6.00. The highest BCUT2D eigenvalue weighted by atomic mass is 19.4. The van der Waals surface area contributed by atoms with Crippen LogP contribution in [0.4, 0.5) is 13.2 Å². The van der Waals surface area contributed by atoms with Gasteiger partial charge in [-0.15, -0.1) is 10.2 Å². The molecule has 1 N–H and O–H groups in total. The molecule has 0 fully saturated rings. The van der Waals surface area contributed by atoms with Crippen molar-refractivity contribution in [1.29, 1.82) is 0 Å². The summed E-state index contributed by atoms with van der Waals surface area (Å²) in [4.78, 5) is 0. The lowest BCUT2D eigenvalue weighted by Gasteiger charge is -2.13. The van der Waals surface area contributed by atoms with Crippen LogP contribution in [-0.4, -0.2) is 20.6 Å². The Balaban J connectivity index is 1.66. The summed E-state index contributed by atoms with van der Waals surface area (Å²) in [6, 6.07) is 9.32. The Kier molecular flexibility index (Phi) is 3.48. The Hall–Kier alpha value is -2.90. The maximum Gasteiger partial charge on any atom is 0.416 e. The number of aromatic nitrogens is 4. The zero-order chi connectivity index (χ0) is 17.6. The second-order valence-corrected chi connectivity index (χ2v) is 6.00. The van der Waals surface area contributed by atoms with Gasteiger partial charge in [0.1, 0.15) is 11.9 Å². The molecule has 0 amide bonds. The van der Waals surface area contributed by atoms with E-state index in [1.54, 1.807) is 0 Å². The van der Waals surface area contributed by atoms with Crippen molar-refractivity contribution in [3.8, 4) is 17.1 Å². The molecule has 3 aromatic rings. The molecule has 0 aliphatic carbocycles. The third kappa shape index (κ3) is 2.95. The zero-order valence-electron chi connectivity index (χ0n) is 13.1. The maximum atomic E-state index is 12.9. The van der Waals surface area contributed by atoms with Crippen LogP contribution < -0.4 is 4.74 Å². The van der Waals surface area contributed by atoms with E-state index in [1.165, 1.54) is 6.07 Å². The minimum atomic E-state index is -4.36. The van der Waals surface area contributed by atoms with Crippen molar-refractivity contribution in [3.63, 3.8) is 0 Å². The van der Waals surface area contributed by atoms with Crippen LogP contribution in [-0.2, 0) is 12.6 Å². The topological polar surface area (TPSA) is 63.7 Å². The lowest BCUT2D eigenvalue weighted by Crippen LogP contribution is -2.05. The molecule has 0 radical (unpaired) electrons. The summed E-state index contributed by atoms with van der Waals surface area (Å²) in [5.74, 6) is 0.945. The Bertz CT molecular complexity index is 922. The highest BCUT2D eigenvalue weighted by molar-refractivity contribution is 5.57. The SMILES string of the molecule is Cc1cc(-c2nn[nH]n2)cc(C2Cc3cc(C(F)(F)F)ccc3O2)c1. The van der Waals surface area contributed by atoms with Crippen molar-refractivity contribution < 1.29 is 17.9 Å². The monoisotopic (exact) mass is 346 g/mol. The number of aryl methyl sites for hydroxylation is 1. The molecule has 128 valence electrons. The fraction of sp³-hybridized carbons (Fsp3) is 0.235. The summed E-state index contributed by atoms with van der Waals surface area (Å²) >= 11 is 0. The predicted molar refractivity (Wildman–Crippen MR) is 82.9 cm³/mol. The summed E-state index contributed by atoms with van der Waals surface area (Å²) in [5, 5.41) is 13.9. The molecule has 2 heterocycles. The zero-order valence-corrected chi connectivity index (χ0v) is 13.1. The third-order valence-corrected chi connectivity index (χ3v) is 4.14. The first-order chi connectivity index (χ1) is 11.9. The number of alkyl halides is 3. The van der Waals surface area contributed by atoms with Gasteiger partial charge in [0.05, 0.1) is 5.56 Å². The molecule has 25 heavy (non-hydrogen) atoms. The number of benzene rings is 2. The van der Waals surface area contributed by atoms with Crippen molar-refractivity contribution >= 4 is 0 Å². The van der Waals surface area contributed by atoms with Crippen molar-refractivity contribution in [3.05, 3.63) is 58.7 Å². The molecule has 1 aliphatic heterocycles. The lowest BCUT2D eigenvalue weighted by molar-refractivity contribution is -0.137. The number of halogens is 3. The maximum absolute atomic E-state index is 12.9. The number of H-pyrrole nitrogens is 1. The van der Waals surface area contributed by atoms with Gasteiger partial charge in [-0.25, -0.2) is 0 Å². The Morgan fingerprint density at radius 1 is 1.16 bits per heavy atom. The molecule has 0 saturated heterocycles. The molecular formula is C17H13F3N4O. The van der Waals surface area contributed by atoms with Crippen LogP contribution in [0.5, 0.6) is 5.75 Å².